The van der Waals surface area contributed by atoms with Gasteiger partial charge in [-0.25, -0.2) is 9.97 Å². The van der Waals surface area contributed by atoms with E-state index in [2.05, 4.69) is 9.97 Å². The normalized spacial score (nSPS) is 15.1. The Kier molecular flexibility index (Phi) is 3.33. The number of thiophene rings is 1. The molecule has 19 heavy (non-hydrogen) atoms. The smallest absolute Gasteiger partial charge is 0.242 e. The SMILES string of the molecule is CN(CC(=O)N1CCCC1)c1ncnc2sccc12. The molecule has 1 saturated heterocycles. The van der Waals surface area contributed by atoms with E-state index in [1.54, 1.807) is 17.7 Å². The van der Waals surface area contributed by atoms with Crippen LogP contribution in [0.1, 0.15) is 12.8 Å². The summed E-state index contributed by atoms with van der Waals surface area (Å²) in [5.41, 5.74) is 0. The van der Waals surface area contributed by atoms with Crippen molar-refractivity contribution in [2.45, 2.75) is 12.8 Å². The average molecular weight is 276 g/mol. The molecule has 0 unspecified atom stereocenters. The molecule has 0 bridgehead atoms. The molecule has 1 aliphatic rings. The molecule has 3 rings (SSSR count). The average Bonchev–Trinajstić information content (AvgIpc) is 3.08. The van der Waals surface area contributed by atoms with Crippen molar-refractivity contribution in [3.05, 3.63) is 17.8 Å². The van der Waals surface area contributed by atoms with Gasteiger partial charge in [0.2, 0.25) is 5.91 Å². The van der Waals surface area contributed by atoms with Crippen molar-refractivity contribution in [2.75, 3.05) is 31.6 Å². The Labute approximate surface area is 115 Å². The third kappa shape index (κ3) is 2.40. The first-order chi connectivity index (χ1) is 9.25. The number of nitrogens with zero attached hydrogens (tertiary/aromatic N) is 4. The van der Waals surface area contributed by atoms with Gasteiger partial charge in [0.05, 0.1) is 11.9 Å². The lowest BCUT2D eigenvalue weighted by molar-refractivity contribution is -0.128. The molecule has 0 aliphatic carbocycles. The van der Waals surface area contributed by atoms with Gasteiger partial charge in [-0.2, -0.15) is 0 Å². The van der Waals surface area contributed by atoms with Crippen molar-refractivity contribution in [3.63, 3.8) is 0 Å². The van der Waals surface area contributed by atoms with Crippen LogP contribution < -0.4 is 4.90 Å². The van der Waals surface area contributed by atoms with Crippen LogP contribution in [-0.4, -0.2) is 47.5 Å². The van der Waals surface area contributed by atoms with Crippen LogP contribution in [-0.2, 0) is 4.79 Å². The van der Waals surface area contributed by atoms with Crippen LogP contribution in [0.15, 0.2) is 17.8 Å². The maximum atomic E-state index is 12.1. The second-order valence-corrected chi connectivity index (χ2v) is 5.68. The number of rotatable bonds is 3. The van der Waals surface area contributed by atoms with E-state index >= 15 is 0 Å². The van der Waals surface area contributed by atoms with E-state index in [-0.39, 0.29) is 5.91 Å². The van der Waals surface area contributed by atoms with Crippen LogP contribution in [0.2, 0.25) is 0 Å². The molecule has 0 N–H and O–H groups in total. The Hall–Kier alpha value is -1.69. The highest BCUT2D eigenvalue weighted by Gasteiger charge is 2.20. The molecule has 0 aromatic carbocycles. The minimum absolute atomic E-state index is 0.182. The highest BCUT2D eigenvalue weighted by atomic mass is 32.1. The molecular formula is C13H16N4OS. The van der Waals surface area contributed by atoms with Gasteiger partial charge in [0.1, 0.15) is 17.0 Å². The molecule has 1 aliphatic heterocycles. The van der Waals surface area contributed by atoms with Crippen LogP contribution in [0.3, 0.4) is 0 Å². The summed E-state index contributed by atoms with van der Waals surface area (Å²) < 4.78 is 0. The molecule has 1 fully saturated rings. The van der Waals surface area contributed by atoms with Gasteiger partial charge in [0, 0.05) is 20.1 Å². The number of hydrogen-bond donors (Lipinski definition) is 0. The quantitative estimate of drug-likeness (QED) is 0.857. The zero-order chi connectivity index (χ0) is 13.2. The summed E-state index contributed by atoms with van der Waals surface area (Å²) in [6.45, 7) is 2.16. The molecule has 100 valence electrons. The van der Waals surface area contributed by atoms with E-state index in [0.717, 1.165) is 42.0 Å². The number of hydrogen-bond acceptors (Lipinski definition) is 5. The lowest BCUT2D eigenvalue weighted by Gasteiger charge is -2.22. The van der Waals surface area contributed by atoms with Crippen molar-refractivity contribution in [1.82, 2.24) is 14.9 Å². The lowest BCUT2D eigenvalue weighted by Crippen LogP contribution is -2.37. The first-order valence-corrected chi connectivity index (χ1v) is 7.31. The molecule has 0 atom stereocenters. The van der Waals surface area contributed by atoms with Crippen molar-refractivity contribution < 1.29 is 4.79 Å². The number of anilines is 1. The maximum Gasteiger partial charge on any atom is 0.242 e. The fourth-order valence-corrected chi connectivity index (χ4v) is 3.15. The summed E-state index contributed by atoms with van der Waals surface area (Å²) >= 11 is 1.59. The second-order valence-electron chi connectivity index (χ2n) is 4.78. The Balaban J connectivity index is 1.78. The number of fused-ring (bicyclic) bond motifs is 1. The Bertz CT molecular complexity index is 591. The largest absolute Gasteiger partial charge is 0.350 e. The molecule has 3 heterocycles. The zero-order valence-electron chi connectivity index (χ0n) is 10.9. The lowest BCUT2D eigenvalue weighted by atomic mass is 10.3. The minimum Gasteiger partial charge on any atom is -0.350 e. The van der Waals surface area contributed by atoms with Gasteiger partial charge in [0.25, 0.3) is 0 Å². The second kappa shape index (κ2) is 5.13. The van der Waals surface area contributed by atoms with Crippen LogP contribution in [0.4, 0.5) is 5.82 Å². The summed E-state index contributed by atoms with van der Waals surface area (Å²) in [6.07, 6.45) is 3.81. The predicted molar refractivity (Wildman–Crippen MR) is 76.5 cm³/mol. The molecule has 2 aromatic rings. The summed E-state index contributed by atoms with van der Waals surface area (Å²) in [4.78, 5) is 25.5. The highest BCUT2D eigenvalue weighted by Crippen LogP contribution is 2.25. The number of aromatic nitrogens is 2. The van der Waals surface area contributed by atoms with Gasteiger partial charge in [-0.15, -0.1) is 11.3 Å². The fraction of sp³-hybridized carbons (Fsp3) is 0.462. The van der Waals surface area contributed by atoms with Crippen LogP contribution >= 0.6 is 11.3 Å². The molecule has 2 aromatic heterocycles. The van der Waals surface area contributed by atoms with E-state index in [1.807, 2.05) is 28.3 Å². The number of likely N-dealkylation sites (N-methyl/N-ethyl adjacent to an activating group) is 1. The van der Waals surface area contributed by atoms with E-state index in [9.17, 15) is 4.79 Å². The van der Waals surface area contributed by atoms with Gasteiger partial charge in [-0.3, -0.25) is 4.79 Å². The Morgan fingerprint density at radius 2 is 2.21 bits per heavy atom. The number of carbonyl (C=O) groups is 1. The Morgan fingerprint density at radius 1 is 1.42 bits per heavy atom. The van der Waals surface area contributed by atoms with Gasteiger partial charge < -0.3 is 9.80 Å². The first-order valence-electron chi connectivity index (χ1n) is 6.43. The zero-order valence-corrected chi connectivity index (χ0v) is 11.7. The van der Waals surface area contributed by atoms with Crippen LogP contribution in [0, 0.1) is 0 Å². The first kappa shape index (κ1) is 12.3. The van der Waals surface area contributed by atoms with Gasteiger partial charge in [-0.05, 0) is 24.3 Å². The van der Waals surface area contributed by atoms with Gasteiger partial charge >= 0.3 is 0 Å². The topological polar surface area (TPSA) is 49.3 Å². The minimum atomic E-state index is 0.182. The predicted octanol–water partition coefficient (Wildman–Crippen LogP) is 1.75. The van der Waals surface area contributed by atoms with Crippen LogP contribution in [0.5, 0.6) is 0 Å². The molecule has 6 heteroatoms. The van der Waals surface area contributed by atoms with E-state index < -0.39 is 0 Å². The standard InChI is InChI=1S/C13H16N4OS/c1-16(8-11(18)17-5-2-3-6-17)12-10-4-7-19-13(10)15-9-14-12/h4,7,9H,2-3,5-6,8H2,1H3. The molecule has 5 nitrogen and oxygen atoms in total. The number of carbonyl (C=O) groups excluding carboxylic acids is 1. The maximum absolute atomic E-state index is 12.1. The summed E-state index contributed by atoms with van der Waals surface area (Å²) in [5.74, 6) is 1.01. The summed E-state index contributed by atoms with van der Waals surface area (Å²) in [7, 11) is 1.91. The monoisotopic (exact) mass is 276 g/mol. The molecular weight excluding hydrogens is 260 g/mol. The van der Waals surface area contributed by atoms with Gasteiger partial charge in [-0.1, -0.05) is 0 Å². The third-order valence-electron chi connectivity index (χ3n) is 3.43. The van der Waals surface area contributed by atoms with Crippen molar-refractivity contribution >= 4 is 33.3 Å². The highest BCUT2D eigenvalue weighted by molar-refractivity contribution is 7.16. The summed E-state index contributed by atoms with van der Waals surface area (Å²) in [6, 6.07) is 2.01. The van der Waals surface area contributed by atoms with Gasteiger partial charge in [0.15, 0.2) is 0 Å². The van der Waals surface area contributed by atoms with Crippen molar-refractivity contribution in [2.24, 2.45) is 0 Å². The van der Waals surface area contributed by atoms with E-state index in [4.69, 9.17) is 0 Å². The van der Waals surface area contributed by atoms with Crippen molar-refractivity contribution in [1.29, 1.82) is 0 Å². The number of likely N-dealkylation sites (tertiary alicyclic amines) is 1. The Morgan fingerprint density at radius 3 is 3.00 bits per heavy atom. The third-order valence-corrected chi connectivity index (χ3v) is 4.25. The molecule has 0 radical (unpaired) electrons. The fourth-order valence-electron chi connectivity index (χ4n) is 2.43. The molecule has 1 amide bonds. The number of amides is 1. The van der Waals surface area contributed by atoms with E-state index in [0.29, 0.717) is 6.54 Å². The molecule has 0 saturated carbocycles. The molecule has 0 spiro atoms. The summed E-state index contributed by atoms with van der Waals surface area (Å²) in [5, 5.41) is 3.02. The van der Waals surface area contributed by atoms with Crippen LogP contribution in [0.25, 0.3) is 10.2 Å². The van der Waals surface area contributed by atoms with Crippen molar-refractivity contribution in [3.8, 4) is 0 Å². The van der Waals surface area contributed by atoms with E-state index in [1.165, 1.54) is 0 Å².